The minimum Gasteiger partial charge on any atom is -0.493 e. The number of hydrogen-bond donors (Lipinski definition) is 1. The largest absolute Gasteiger partial charge is 0.493 e. The molecule has 2 atom stereocenters. The van der Waals surface area contributed by atoms with Crippen molar-refractivity contribution in [2.75, 3.05) is 34.5 Å². The van der Waals surface area contributed by atoms with E-state index >= 15 is 0 Å². The van der Waals surface area contributed by atoms with Gasteiger partial charge in [0.25, 0.3) is 0 Å². The fourth-order valence-electron chi connectivity index (χ4n) is 3.95. The van der Waals surface area contributed by atoms with Gasteiger partial charge in [0.05, 0.1) is 61.9 Å². The van der Waals surface area contributed by atoms with Crippen LogP contribution in [0.2, 0.25) is 0 Å². The van der Waals surface area contributed by atoms with Crippen molar-refractivity contribution in [2.24, 2.45) is 5.73 Å². The van der Waals surface area contributed by atoms with Gasteiger partial charge in [-0.1, -0.05) is 11.8 Å². The van der Waals surface area contributed by atoms with E-state index in [-0.39, 0.29) is 36.1 Å². The van der Waals surface area contributed by atoms with Crippen LogP contribution in [0.3, 0.4) is 0 Å². The highest BCUT2D eigenvalue weighted by molar-refractivity contribution is 8.04. The lowest BCUT2D eigenvalue weighted by molar-refractivity contribution is -0.139. The molecule has 1 aromatic rings. The van der Waals surface area contributed by atoms with Crippen LogP contribution in [0.1, 0.15) is 32.3 Å². The molecule has 2 aliphatic heterocycles. The Morgan fingerprint density at radius 2 is 1.50 bits per heavy atom. The predicted octanol–water partition coefficient (Wildman–Crippen LogP) is 2.28. The molecule has 11 heteroatoms. The van der Waals surface area contributed by atoms with Gasteiger partial charge >= 0.3 is 11.9 Å². The first-order valence-electron chi connectivity index (χ1n) is 10.6. The third-order valence-corrected chi connectivity index (χ3v) is 6.58. The van der Waals surface area contributed by atoms with Crippen LogP contribution in [0.25, 0.3) is 0 Å². The van der Waals surface area contributed by atoms with E-state index in [1.165, 1.54) is 38.0 Å². The lowest BCUT2D eigenvalue weighted by Gasteiger charge is -2.33. The lowest BCUT2D eigenvalue weighted by Crippen LogP contribution is -2.40. The molecule has 0 aliphatic carbocycles. The second-order valence-corrected chi connectivity index (χ2v) is 8.61. The second kappa shape index (κ2) is 10.3. The Balaban J connectivity index is 2.38. The van der Waals surface area contributed by atoms with Crippen LogP contribution in [0.5, 0.6) is 17.2 Å². The summed E-state index contributed by atoms with van der Waals surface area (Å²) < 4.78 is 27.0. The highest BCUT2D eigenvalue weighted by Crippen LogP contribution is 2.51. The number of carbonyl (C=O) groups is 3. The summed E-state index contributed by atoms with van der Waals surface area (Å²) >= 11 is 1.18. The van der Waals surface area contributed by atoms with Gasteiger partial charge in [0.2, 0.25) is 11.7 Å². The molecule has 0 bridgehead atoms. The molecule has 2 aliphatic rings. The number of benzene rings is 1. The first-order chi connectivity index (χ1) is 16.2. The summed E-state index contributed by atoms with van der Waals surface area (Å²) in [7, 11) is 4.38. The number of esters is 2. The molecular weight excluding hydrogens is 464 g/mol. The molecule has 3 rings (SSSR count). The van der Waals surface area contributed by atoms with E-state index in [9.17, 15) is 14.4 Å². The van der Waals surface area contributed by atoms with E-state index in [0.717, 1.165) is 0 Å². The summed E-state index contributed by atoms with van der Waals surface area (Å²) in [5, 5.41) is -0.194. The Morgan fingerprint density at radius 1 is 0.971 bits per heavy atom. The molecule has 1 saturated heterocycles. The Kier molecular flexibility index (Phi) is 7.65. The van der Waals surface area contributed by atoms with Crippen LogP contribution in [0.4, 0.5) is 0 Å². The van der Waals surface area contributed by atoms with Gasteiger partial charge in [-0.2, -0.15) is 0 Å². The maximum atomic E-state index is 13.3. The monoisotopic (exact) mass is 492 g/mol. The molecule has 184 valence electrons. The molecule has 0 spiro atoms. The Morgan fingerprint density at radius 3 is 1.97 bits per heavy atom. The SMILES string of the molecule is CCOC(=O)C1=C(N)N2C(=O)[C@H](C)SC2=C(C(=O)OCC)[C@@H]1c1cc(OC)c(OC)c(OC)c1. The van der Waals surface area contributed by atoms with E-state index in [2.05, 4.69) is 0 Å². The maximum Gasteiger partial charge on any atom is 0.338 e. The lowest BCUT2D eigenvalue weighted by atomic mass is 9.82. The molecule has 1 fully saturated rings. The van der Waals surface area contributed by atoms with Crippen molar-refractivity contribution in [2.45, 2.75) is 31.9 Å². The quantitative estimate of drug-likeness (QED) is 0.540. The minimum absolute atomic E-state index is 0.0500. The van der Waals surface area contributed by atoms with Crippen molar-refractivity contribution < 1.29 is 38.1 Å². The Bertz CT molecular complexity index is 1060. The third-order valence-electron chi connectivity index (χ3n) is 5.40. The molecule has 1 aromatic carbocycles. The van der Waals surface area contributed by atoms with Gasteiger partial charge in [-0.15, -0.1) is 0 Å². The van der Waals surface area contributed by atoms with Crippen molar-refractivity contribution in [3.8, 4) is 17.2 Å². The van der Waals surface area contributed by atoms with Gasteiger partial charge in [0.15, 0.2) is 11.5 Å². The molecule has 10 nitrogen and oxygen atoms in total. The van der Waals surface area contributed by atoms with Crippen LogP contribution in [-0.2, 0) is 23.9 Å². The highest BCUT2D eigenvalue weighted by atomic mass is 32.2. The molecule has 1 amide bonds. The highest BCUT2D eigenvalue weighted by Gasteiger charge is 2.49. The number of nitrogens with two attached hydrogens (primary N) is 1. The van der Waals surface area contributed by atoms with E-state index in [0.29, 0.717) is 27.8 Å². The Hall–Kier alpha value is -3.34. The number of hydrogen-bond acceptors (Lipinski definition) is 10. The van der Waals surface area contributed by atoms with E-state index in [1.54, 1.807) is 32.9 Å². The molecule has 0 saturated carbocycles. The van der Waals surface area contributed by atoms with Crippen molar-refractivity contribution in [3.63, 3.8) is 0 Å². The van der Waals surface area contributed by atoms with Gasteiger partial charge in [0, 0.05) is 0 Å². The summed E-state index contributed by atoms with van der Waals surface area (Å²) in [6.45, 7) is 5.19. The topological polar surface area (TPSA) is 127 Å². The number of nitrogens with zero attached hydrogens (tertiary/aromatic N) is 1. The van der Waals surface area contributed by atoms with Crippen LogP contribution in [-0.4, -0.2) is 62.5 Å². The molecule has 0 unspecified atom stereocenters. The first-order valence-corrected chi connectivity index (χ1v) is 11.5. The van der Waals surface area contributed by atoms with Crippen LogP contribution < -0.4 is 19.9 Å². The number of rotatable bonds is 8. The molecular formula is C23H28N2O8S. The van der Waals surface area contributed by atoms with Gasteiger partial charge in [-0.3, -0.25) is 9.69 Å². The van der Waals surface area contributed by atoms with Crippen molar-refractivity contribution in [1.29, 1.82) is 0 Å². The first kappa shape index (κ1) is 25.3. The molecule has 2 heterocycles. The zero-order valence-electron chi connectivity index (χ0n) is 19.9. The normalized spacial score (nSPS) is 19.7. The number of thioether (sulfide) groups is 1. The van der Waals surface area contributed by atoms with Crippen LogP contribution in [0.15, 0.2) is 34.1 Å². The smallest absolute Gasteiger partial charge is 0.338 e. The average Bonchev–Trinajstić information content (AvgIpc) is 3.11. The second-order valence-electron chi connectivity index (χ2n) is 7.28. The summed E-state index contributed by atoms with van der Waals surface area (Å²) in [4.78, 5) is 40.6. The number of fused-ring (bicyclic) bond motifs is 1. The minimum atomic E-state index is -1.01. The van der Waals surface area contributed by atoms with E-state index < -0.39 is 23.1 Å². The van der Waals surface area contributed by atoms with Gasteiger partial charge in [0.1, 0.15) is 5.82 Å². The van der Waals surface area contributed by atoms with Crippen molar-refractivity contribution >= 4 is 29.6 Å². The summed E-state index contributed by atoms with van der Waals surface area (Å²) in [6, 6.07) is 3.25. The molecule has 2 N–H and O–H groups in total. The van der Waals surface area contributed by atoms with Crippen LogP contribution in [0, 0.1) is 0 Å². The van der Waals surface area contributed by atoms with Gasteiger partial charge < -0.3 is 29.4 Å². The predicted molar refractivity (Wildman–Crippen MR) is 124 cm³/mol. The van der Waals surface area contributed by atoms with Gasteiger partial charge in [-0.25, -0.2) is 9.59 Å². The number of methoxy groups -OCH3 is 3. The Labute approximate surface area is 202 Å². The van der Waals surface area contributed by atoms with Crippen molar-refractivity contribution in [3.05, 3.63) is 39.7 Å². The molecule has 34 heavy (non-hydrogen) atoms. The fourth-order valence-corrected chi connectivity index (χ4v) is 5.11. The fraction of sp³-hybridized carbons (Fsp3) is 0.435. The van der Waals surface area contributed by atoms with E-state index in [1.807, 2.05) is 0 Å². The number of ether oxygens (including phenoxy) is 5. The van der Waals surface area contributed by atoms with Gasteiger partial charge in [-0.05, 0) is 38.5 Å². The molecule has 0 radical (unpaired) electrons. The summed E-state index contributed by atoms with van der Waals surface area (Å²) in [5.41, 5.74) is 6.91. The van der Waals surface area contributed by atoms with Crippen LogP contribution >= 0.6 is 11.8 Å². The van der Waals surface area contributed by atoms with Crippen molar-refractivity contribution in [1.82, 2.24) is 4.90 Å². The standard InChI is InChI=1S/C23H28N2O8S/c1-7-32-22(27)16-15(12-9-13(29-4)18(31-6)14(10-12)30-5)17(23(28)33-8-2)21-25(19(16)24)20(26)11(3)34-21/h9-11,15H,7-8,24H2,1-6H3/t11-,15+/m0/s1. The zero-order valence-corrected chi connectivity index (χ0v) is 20.7. The summed E-state index contributed by atoms with van der Waals surface area (Å²) in [6.07, 6.45) is 0. The summed E-state index contributed by atoms with van der Waals surface area (Å²) in [5.74, 6) is -1.90. The zero-order chi connectivity index (χ0) is 25.2. The third kappa shape index (κ3) is 4.15. The average molecular weight is 493 g/mol. The van der Waals surface area contributed by atoms with E-state index in [4.69, 9.17) is 29.4 Å². The maximum absolute atomic E-state index is 13.3. The molecule has 0 aromatic heterocycles. The number of carbonyl (C=O) groups excluding carboxylic acids is 3. The number of amides is 1.